The molecule has 0 aliphatic carbocycles. The first-order valence-corrected chi connectivity index (χ1v) is 9.41. The Kier molecular flexibility index (Phi) is 5.79. The smallest absolute Gasteiger partial charge is 0.275 e. The highest BCUT2D eigenvalue weighted by molar-refractivity contribution is 7.18. The Labute approximate surface area is 152 Å². The van der Waals surface area contributed by atoms with Crippen LogP contribution < -0.4 is 10.2 Å². The number of carbonyl (C=O) groups is 1. The van der Waals surface area contributed by atoms with Gasteiger partial charge in [0.2, 0.25) is 0 Å². The van der Waals surface area contributed by atoms with E-state index in [1.165, 1.54) is 10.3 Å². The third kappa shape index (κ3) is 4.87. The summed E-state index contributed by atoms with van der Waals surface area (Å²) in [5.41, 5.74) is 2.29. The summed E-state index contributed by atoms with van der Waals surface area (Å²) in [5.74, 6) is 0.399. The van der Waals surface area contributed by atoms with E-state index in [-0.39, 0.29) is 5.91 Å². The third-order valence-corrected chi connectivity index (χ3v) is 5.26. The number of rotatable bonds is 7. The number of hydrogen-bond donors (Lipinski definition) is 2. The lowest BCUT2D eigenvalue weighted by molar-refractivity contribution is -0.885. The highest BCUT2D eigenvalue weighted by Crippen LogP contribution is 2.20. The van der Waals surface area contributed by atoms with E-state index in [1.807, 2.05) is 43.4 Å². The van der Waals surface area contributed by atoms with E-state index in [0.29, 0.717) is 19.0 Å². The van der Waals surface area contributed by atoms with E-state index in [4.69, 9.17) is 0 Å². The summed E-state index contributed by atoms with van der Waals surface area (Å²) in [5, 5.41) is 4.12. The van der Waals surface area contributed by atoms with Crippen molar-refractivity contribution in [1.29, 1.82) is 0 Å². The molecular weight excluding hydrogens is 330 g/mol. The maximum absolute atomic E-state index is 12.2. The summed E-state index contributed by atoms with van der Waals surface area (Å²) < 4.78 is 1.20. The number of thiazole rings is 1. The second-order valence-electron chi connectivity index (χ2n) is 6.50. The topological polar surface area (TPSA) is 46.4 Å². The molecule has 0 bridgehead atoms. The van der Waals surface area contributed by atoms with Gasteiger partial charge in [0.05, 0.1) is 17.3 Å². The maximum Gasteiger partial charge on any atom is 0.275 e. The predicted octanol–water partition coefficient (Wildman–Crippen LogP) is 2.23. The van der Waals surface area contributed by atoms with E-state index < -0.39 is 0 Å². The maximum atomic E-state index is 12.2. The average molecular weight is 354 g/mol. The van der Waals surface area contributed by atoms with Crippen molar-refractivity contribution in [1.82, 2.24) is 10.3 Å². The fourth-order valence-electron chi connectivity index (χ4n) is 2.82. The van der Waals surface area contributed by atoms with Crippen LogP contribution in [0.15, 0.2) is 54.6 Å². The number of carbonyl (C=O) groups excluding carboxylic acids is 1. The van der Waals surface area contributed by atoms with Crippen LogP contribution in [-0.2, 0) is 11.3 Å². The Balaban J connectivity index is 1.47. The molecule has 4 nitrogen and oxygen atoms in total. The first-order valence-electron chi connectivity index (χ1n) is 8.59. The highest BCUT2D eigenvalue weighted by atomic mass is 32.1. The standard InChI is InChI=1S/C20H23N3OS/c1-15(16-8-4-3-5-9-16)12-21-19(24)13-23(2)14-20-22-17-10-6-7-11-18(17)25-20/h3-11,15H,12-14H2,1-2H3,(H,21,24)/p+1/t15-/m1/s1. The molecule has 3 rings (SSSR count). The van der Waals surface area contributed by atoms with Gasteiger partial charge >= 0.3 is 0 Å². The molecule has 0 spiro atoms. The summed E-state index contributed by atoms with van der Waals surface area (Å²) in [7, 11) is 2.03. The van der Waals surface area contributed by atoms with Gasteiger partial charge in [0, 0.05) is 6.54 Å². The molecule has 5 heteroatoms. The monoisotopic (exact) mass is 354 g/mol. The molecule has 2 aromatic carbocycles. The normalized spacial score (nSPS) is 13.5. The number of para-hydroxylation sites is 1. The van der Waals surface area contributed by atoms with E-state index in [1.54, 1.807) is 11.3 Å². The number of nitrogens with zero attached hydrogens (tertiary/aromatic N) is 1. The van der Waals surface area contributed by atoms with Crippen molar-refractivity contribution in [3.8, 4) is 0 Å². The molecule has 1 aromatic heterocycles. The fourth-order valence-corrected chi connectivity index (χ4v) is 3.90. The lowest BCUT2D eigenvalue weighted by atomic mass is 10.0. The molecule has 2 atom stereocenters. The van der Waals surface area contributed by atoms with Gasteiger partial charge in [-0.25, -0.2) is 4.98 Å². The second kappa shape index (κ2) is 8.23. The van der Waals surface area contributed by atoms with Crippen molar-refractivity contribution in [2.45, 2.75) is 19.4 Å². The van der Waals surface area contributed by atoms with Gasteiger partial charge in [-0.3, -0.25) is 4.79 Å². The van der Waals surface area contributed by atoms with Crippen molar-refractivity contribution in [3.63, 3.8) is 0 Å². The molecule has 1 amide bonds. The van der Waals surface area contributed by atoms with Crippen molar-refractivity contribution in [3.05, 3.63) is 65.2 Å². The van der Waals surface area contributed by atoms with Gasteiger partial charge in [-0.2, -0.15) is 0 Å². The van der Waals surface area contributed by atoms with Gasteiger partial charge in [0.25, 0.3) is 5.91 Å². The van der Waals surface area contributed by atoms with Crippen LogP contribution in [-0.4, -0.2) is 31.0 Å². The molecule has 0 aliphatic heterocycles. The summed E-state index contributed by atoms with van der Waals surface area (Å²) in [6.45, 7) is 4.02. The Morgan fingerprint density at radius 2 is 1.88 bits per heavy atom. The van der Waals surface area contributed by atoms with Gasteiger partial charge in [0.1, 0.15) is 11.6 Å². The van der Waals surface area contributed by atoms with Gasteiger partial charge in [-0.1, -0.05) is 49.4 Å². The van der Waals surface area contributed by atoms with Gasteiger partial charge in [-0.15, -0.1) is 11.3 Å². The summed E-state index contributed by atoms with van der Waals surface area (Å²) in [4.78, 5) is 18.0. The molecule has 0 saturated carbocycles. The van der Waals surface area contributed by atoms with Gasteiger partial charge in [0.15, 0.2) is 6.54 Å². The quantitative estimate of drug-likeness (QED) is 0.683. The minimum absolute atomic E-state index is 0.0846. The molecular formula is C20H24N3OS+. The van der Waals surface area contributed by atoms with Crippen LogP contribution in [0.5, 0.6) is 0 Å². The summed E-state index contributed by atoms with van der Waals surface area (Å²) in [6, 6.07) is 18.4. The van der Waals surface area contributed by atoms with Crippen LogP contribution in [0, 0.1) is 0 Å². The predicted molar refractivity (Wildman–Crippen MR) is 103 cm³/mol. The van der Waals surface area contributed by atoms with Crippen molar-refractivity contribution >= 4 is 27.5 Å². The largest absolute Gasteiger partial charge is 0.351 e. The molecule has 0 fully saturated rings. The SMILES string of the molecule is C[C@H](CNC(=O)C[NH+](C)Cc1nc2ccccc2s1)c1ccccc1. The lowest BCUT2D eigenvalue weighted by Crippen LogP contribution is -3.08. The zero-order valence-corrected chi connectivity index (χ0v) is 15.5. The van der Waals surface area contributed by atoms with Crippen molar-refractivity contribution in [2.75, 3.05) is 20.1 Å². The summed E-state index contributed by atoms with van der Waals surface area (Å²) in [6.07, 6.45) is 0. The van der Waals surface area contributed by atoms with Gasteiger partial charge in [-0.05, 0) is 23.6 Å². The number of benzene rings is 2. The number of aromatic nitrogens is 1. The number of nitrogens with one attached hydrogen (secondary N) is 2. The van der Waals surface area contributed by atoms with E-state index >= 15 is 0 Å². The number of hydrogen-bond acceptors (Lipinski definition) is 3. The van der Waals surface area contributed by atoms with Crippen molar-refractivity contribution < 1.29 is 9.69 Å². The zero-order chi connectivity index (χ0) is 17.6. The molecule has 2 N–H and O–H groups in total. The summed E-state index contributed by atoms with van der Waals surface area (Å²) >= 11 is 1.70. The Hall–Kier alpha value is -2.24. The van der Waals surface area contributed by atoms with Crippen molar-refractivity contribution in [2.24, 2.45) is 0 Å². The molecule has 0 saturated heterocycles. The van der Waals surface area contributed by atoms with Crippen LogP contribution in [0.25, 0.3) is 10.2 Å². The van der Waals surface area contributed by atoms with E-state index in [2.05, 4.69) is 35.4 Å². The molecule has 130 valence electrons. The number of quaternary nitrogens is 1. The molecule has 3 aromatic rings. The average Bonchev–Trinajstić information content (AvgIpc) is 3.02. The second-order valence-corrected chi connectivity index (χ2v) is 7.62. The van der Waals surface area contributed by atoms with Crippen LogP contribution in [0.4, 0.5) is 0 Å². The first kappa shape index (κ1) is 17.6. The number of likely N-dealkylation sites (N-methyl/N-ethyl adjacent to an activating group) is 1. The molecule has 1 unspecified atom stereocenters. The van der Waals surface area contributed by atoms with Crippen LogP contribution in [0.3, 0.4) is 0 Å². The first-order chi connectivity index (χ1) is 12.1. The van der Waals surface area contributed by atoms with Crippen LogP contribution in [0.2, 0.25) is 0 Å². The Bertz CT molecular complexity index is 798. The highest BCUT2D eigenvalue weighted by Gasteiger charge is 2.14. The minimum Gasteiger partial charge on any atom is -0.351 e. The number of amides is 1. The number of fused-ring (bicyclic) bond motifs is 1. The molecule has 0 aliphatic rings. The third-order valence-electron chi connectivity index (χ3n) is 4.23. The Morgan fingerprint density at radius 1 is 1.16 bits per heavy atom. The molecule has 0 radical (unpaired) electrons. The van der Waals surface area contributed by atoms with E-state index in [9.17, 15) is 4.79 Å². The fraction of sp³-hybridized carbons (Fsp3) is 0.300. The van der Waals surface area contributed by atoms with Crippen LogP contribution in [0.1, 0.15) is 23.4 Å². The van der Waals surface area contributed by atoms with E-state index in [0.717, 1.165) is 22.0 Å². The molecule has 25 heavy (non-hydrogen) atoms. The minimum atomic E-state index is 0.0846. The zero-order valence-electron chi connectivity index (χ0n) is 14.7. The van der Waals surface area contributed by atoms with Gasteiger partial charge < -0.3 is 10.2 Å². The van der Waals surface area contributed by atoms with Crippen LogP contribution >= 0.6 is 11.3 Å². The molecule has 1 heterocycles. The Morgan fingerprint density at radius 3 is 2.64 bits per heavy atom. The lowest BCUT2D eigenvalue weighted by Gasteiger charge is -2.15.